The lowest BCUT2D eigenvalue weighted by Gasteiger charge is -2.36. The van der Waals surface area contributed by atoms with Crippen LogP contribution in [0.15, 0.2) is 18.2 Å². The van der Waals surface area contributed by atoms with Crippen LogP contribution in [-0.4, -0.2) is 58.2 Å². The van der Waals surface area contributed by atoms with Gasteiger partial charge in [0.2, 0.25) is 0 Å². The Morgan fingerprint density at radius 1 is 1.23 bits per heavy atom. The van der Waals surface area contributed by atoms with E-state index in [0.717, 1.165) is 18.9 Å². The largest absolute Gasteiger partial charge is 0.476 e. The molecule has 2 aromatic rings. The third-order valence-corrected chi connectivity index (χ3v) is 5.18. The van der Waals surface area contributed by atoms with Gasteiger partial charge in [0.1, 0.15) is 17.7 Å². The Hall–Kier alpha value is -3.32. The van der Waals surface area contributed by atoms with Crippen molar-refractivity contribution in [2.45, 2.75) is 25.4 Å². The summed E-state index contributed by atoms with van der Waals surface area (Å²) >= 11 is 0. The number of benzene rings is 1. The SMILES string of the molecule is N#Cc1nc(N2CCN(Cc3ccc(F)cc3F)CC2)c(NC2CC2)nc1C(=O)O. The summed E-state index contributed by atoms with van der Waals surface area (Å²) in [4.78, 5) is 23.9. The monoisotopic (exact) mass is 414 g/mol. The van der Waals surface area contributed by atoms with Crippen LogP contribution in [0, 0.1) is 23.0 Å². The molecule has 2 aliphatic rings. The fourth-order valence-electron chi connectivity index (χ4n) is 3.40. The normalized spacial score (nSPS) is 16.9. The number of halogens is 2. The zero-order valence-electron chi connectivity index (χ0n) is 16.1. The van der Waals surface area contributed by atoms with Gasteiger partial charge in [0.05, 0.1) is 0 Å². The highest BCUT2D eigenvalue weighted by atomic mass is 19.1. The second kappa shape index (κ2) is 8.20. The number of piperazine rings is 1. The molecule has 0 unspecified atom stereocenters. The van der Waals surface area contributed by atoms with E-state index in [2.05, 4.69) is 15.3 Å². The predicted molar refractivity (Wildman–Crippen MR) is 104 cm³/mol. The van der Waals surface area contributed by atoms with Crippen molar-refractivity contribution in [1.29, 1.82) is 5.26 Å². The highest BCUT2D eigenvalue weighted by molar-refractivity contribution is 5.89. The van der Waals surface area contributed by atoms with E-state index in [0.29, 0.717) is 49.9 Å². The van der Waals surface area contributed by atoms with Gasteiger partial charge in [-0.05, 0) is 18.9 Å². The van der Waals surface area contributed by atoms with Gasteiger partial charge in [-0.2, -0.15) is 5.26 Å². The van der Waals surface area contributed by atoms with Crippen LogP contribution in [-0.2, 0) is 6.54 Å². The van der Waals surface area contributed by atoms with Gasteiger partial charge in [-0.1, -0.05) is 6.07 Å². The first-order valence-corrected chi connectivity index (χ1v) is 9.68. The molecule has 2 heterocycles. The summed E-state index contributed by atoms with van der Waals surface area (Å²) in [5.74, 6) is -1.64. The standard InChI is InChI=1S/C20H20F2N6O2/c21-13-2-1-12(15(22)9-13)11-27-5-7-28(8-6-27)19-18(24-14-3-4-14)26-17(20(29)30)16(10-23)25-19/h1-2,9,14H,3-8,11H2,(H,24,26)(H,29,30). The number of hydrogen-bond acceptors (Lipinski definition) is 7. The molecule has 156 valence electrons. The van der Waals surface area contributed by atoms with Gasteiger partial charge in [-0.25, -0.2) is 23.5 Å². The van der Waals surface area contributed by atoms with Crippen LogP contribution < -0.4 is 10.2 Å². The summed E-state index contributed by atoms with van der Waals surface area (Å²) in [6.45, 7) is 2.66. The Morgan fingerprint density at radius 2 is 1.97 bits per heavy atom. The fraction of sp³-hybridized carbons (Fsp3) is 0.400. The minimum Gasteiger partial charge on any atom is -0.476 e. The second-order valence-corrected chi connectivity index (χ2v) is 7.43. The number of carbonyl (C=O) groups is 1. The van der Waals surface area contributed by atoms with Crippen molar-refractivity contribution < 1.29 is 18.7 Å². The number of anilines is 2. The molecule has 4 rings (SSSR count). The van der Waals surface area contributed by atoms with E-state index in [4.69, 9.17) is 0 Å². The molecular weight excluding hydrogens is 394 g/mol. The van der Waals surface area contributed by atoms with Crippen molar-refractivity contribution in [2.24, 2.45) is 0 Å². The van der Waals surface area contributed by atoms with E-state index in [9.17, 15) is 23.9 Å². The number of carboxylic acid groups (broad SMARTS) is 1. The van der Waals surface area contributed by atoms with Gasteiger partial charge in [0.15, 0.2) is 23.0 Å². The molecule has 1 saturated heterocycles. The van der Waals surface area contributed by atoms with Crippen LogP contribution in [0.5, 0.6) is 0 Å². The fourth-order valence-corrected chi connectivity index (χ4v) is 3.40. The lowest BCUT2D eigenvalue weighted by Crippen LogP contribution is -2.46. The zero-order chi connectivity index (χ0) is 21.3. The first kappa shape index (κ1) is 20.0. The van der Waals surface area contributed by atoms with E-state index in [1.165, 1.54) is 12.1 Å². The Kier molecular flexibility index (Phi) is 5.46. The number of aromatic nitrogens is 2. The van der Waals surface area contributed by atoms with Crippen molar-refractivity contribution in [3.05, 3.63) is 46.8 Å². The molecule has 10 heteroatoms. The molecule has 2 N–H and O–H groups in total. The third kappa shape index (κ3) is 4.31. The molecule has 2 fully saturated rings. The smallest absolute Gasteiger partial charge is 0.357 e. The molecular formula is C20H20F2N6O2. The summed E-state index contributed by atoms with van der Waals surface area (Å²) < 4.78 is 27.0. The number of nitriles is 1. The molecule has 0 bridgehead atoms. The zero-order valence-corrected chi connectivity index (χ0v) is 16.1. The lowest BCUT2D eigenvalue weighted by molar-refractivity contribution is 0.0689. The molecule has 0 amide bonds. The first-order chi connectivity index (χ1) is 14.4. The van der Waals surface area contributed by atoms with Crippen molar-refractivity contribution >= 4 is 17.6 Å². The molecule has 0 atom stereocenters. The Balaban J connectivity index is 1.50. The molecule has 1 aliphatic carbocycles. The number of aromatic carboxylic acids is 1. The molecule has 1 saturated carbocycles. The molecule has 0 spiro atoms. The van der Waals surface area contributed by atoms with Crippen molar-refractivity contribution in [3.63, 3.8) is 0 Å². The Bertz CT molecular complexity index is 1010. The summed E-state index contributed by atoms with van der Waals surface area (Å²) in [6.07, 6.45) is 1.95. The van der Waals surface area contributed by atoms with E-state index in [-0.39, 0.29) is 17.4 Å². The first-order valence-electron chi connectivity index (χ1n) is 9.68. The number of nitrogens with one attached hydrogen (secondary N) is 1. The van der Waals surface area contributed by atoms with Crippen molar-refractivity contribution in [2.75, 3.05) is 36.4 Å². The molecule has 1 aromatic carbocycles. The van der Waals surface area contributed by atoms with Gasteiger partial charge in [-0.3, -0.25) is 4.90 Å². The van der Waals surface area contributed by atoms with Gasteiger partial charge < -0.3 is 15.3 Å². The summed E-state index contributed by atoms with van der Waals surface area (Å²) in [5, 5.41) is 21.8. The predicted octanol–water partition coefficient (Wildman–Crippen LogP) is 2.22. The second-order valence-electron chi connectivity index (χ2n) is 7.43. The minimum absolute atomic E-state index is 0.227. The maximum absolute atomic E-state index is 13.9. The van der Waals surface area contributed by atoms with E-state index in [1.807, 2.05) is 15.9 Å². The van der Waals surface area contributed by atoms with Crippen molar-refractivity contribution in [3.8, 4) is 6.07 Å². The van der Waals surface area contributed by atoms with Crippen LogP contribution in [0.2, 0.25) is 0 Å². The van der Waals surface area contributed by atoms with E-state index < -0.39 is 17.6 Å². The van der Waals surface area contributed by atoms with Gasteiger partial charge >= 0.3 is 5.97 Å². The highest BCUT2D eigenvalue weighted by Crippen LogP contribution is 2.30. The van der Waals surface area contributed by atoms with Crippen LogP contribution in [0.25, 0.3) is 0 Å². The average molecular weight is 414 g/mol. The molecule has 8 nitrogen and oxygen atoms in total. The van der Waals surface area contributed by atoms with Crippen LogP contribution in [0.3, 0.4) is 0 Å². The van der Waals surface area contributed by atoms with Crippen LogP contribution in [0.1, 0.15) is 34.6 Å². The molecule has 1 aromatic heterocycles. The number of rotatable bonds is 6. The average Bonchev–Trinajstić information content (AvgIpc) is 3.54. The summed E-state index contributed by atoms with van der Waals surface area (Å²) in [7, 11) is 0. The minimum atomic E-state index is -1.30. The molecule has 30 heavy (non-hydrogen) atoms. The number of hydrogen-bond donors (Lipinski definition) is 2. The van der Waals surface area contributed by atoms with Crippen LogP contribution >= 0.6 is 0 Å². The topological polar surface area (TPSA) is 105 Å². The highest BCUT2D eigenvalue weighted by Gasteiger charge is 2.29. The van der Waals surface area contributed by atoms with E-state index in [1.54, 1.807) is 0 Å². The Morgan fingerprint density at radius 3 is 2.57 bits per heavy atom. The number of nitrogens with zero attached hydrogens (tertiary/aromatic N) is 5. The maximum Gasteiger partial charge on any atom is 0.357 e. The van der Waals surface area contributed by atoms with Crippen LogP contribution in [0.4, 0.5) is 20.4 Å². The molecule has 1 aliphatic heterocycles. The lowest BCUT2D eigenvalue weighted by atomic mass is 10.1. The van der Waals surface area contributed by atoms with Gasteiger partial charge in [0, 0.05) is 50.4 Å². The Labute approximate surface area is 171 Å². The quantitative estimate of drug-likeness (QED) is 0.741. The van der Waals surface area contributed by atoms with Gasteiger partial charge in [-0.15, -0.1) is 0 Å². The number of carboxylic acids is 1. The van der Waals surface area contributed by atoms with E-state index >= 15 is 0 Å². The maximum atomic E-state index is 13.9. The molecule has 0 radical (unpaired) electrons. The van der Waals surface area contributed by atoms with Crippen molar-refractivity contribution in [1.82, 2.24) is 14.9 Å². The summed E-state index contributed by atoms with van der Waals surface area (Å²) in [5.41, 5.74) is -0.164. The van der Waals surface area contributed by atoms with Gasteiger partial charge in [0.25, 0.3) is 0 Å². The summed E-state index contributed by atoms with van der Waals surface area (Å²) in [6, 6.07) is 5.62. The third-order valence-electron chi connectivity index (χ3n) is 5.18.